The highest BCUT2D eigenvalue weighted by Gasteiger charge is 1.96. The van der Waals surface area contributed by atoms with Crippen molar-refractivity contribution in [3.8, 4) is 0 Å². The molecule has 1 N–H and O–H groups in total. The fourth-order valence-electron chi connectivity index (χ4n) is 1.70. The summed E-state index contributed by atoms with van der Waals surface area (Å²) in [5, 5.41) is 3.45. The van der Waals surface area contributed by atoms with Crippen molar-refractivity contribution in [2.45, 2.75) is 40.2 Å². The van der Waals surface area contributed by atoms with Crippen LogP contribution in [0.3, 0.4) is 0 Å². The maximum Gasteiger partial charge on any atom is 0.0224 e. The first-order valence-electron chi connectivity index (χ1n) is 6.12. The van der Waals surface area contributed by atoms with Gasteiger partial charge in [-0.2, -0.15) is 0 Å². The summed E-state index contributed by atoms with van der Waals surface area (Å²) in [6.45, 7) is 9.75. The molecule has 0 amide bonds. The standard InChI is InChI=1S/C15H23N/c1-5-10-16-14(4)7-9-15-8-6-12(2)11-13(15)3/h6-9,11,14,16H,5,10H2,1-4H3/b9-7+. The van der Waals surface area contributed by atoms with Gasteiger partial charge in [-0.3, -0.25) is 0 Å². The molecule has 0 radical (unpaired) electrons. The second kappa shape index (κ2) is 6.49. The first-order valence-corrected chi connectivity index (χ1v) is 6.12. The summed E-state index contributed by atoms with van der Waals surface area (Å²) in [6.07, 6.45) is 5.62. The van der Waals surface area contributed by atoms with E-state index in [2.05, 4.69) is 63.4 Å². The van der Waals surface area contributed by atoms with Crippen LogP contribution in [-0.4, -0.2) is 12.6 Å². The highest BCUT2D eigenvalue weighted by molar-refractivity contribution is 5.54. The molecule has 0 spiro atoms. The van der Waals surface area contributed by atoms with Gasteiger partial charge in [0.25, 0.3) is 0 Å². The summed E-state index contributed by atoms with van der Waals surface area (Å²) in [5.41, 5.74) is 3.99. The van der Waals surface area contributed by atoms with Gasteiger partial charge in [0, 0.05) is 6.04 Å². The van der Waals surface area contributed by atoms with Crippen molar-refractivity contribution in [2.75, 3.05) is 6.54 Å². The van der Waals surface area contributed by atoms with Crippen LogP contribution in [0.2, 0.25) is 0 Å². The number of nitrogens with one attached hydrogen (secondary N) is 1. The van der Waals surface area contributed by atoms with Crippen molar-refractivity contribution >= 4 is 6.08 Å². The second-order valence-corrected chi connectivity index (χ2v) is 4.46. The predicted molar refractivity (Wildman–Crippen MR) is 72.7 cm³/mol. The molecule has 0 aromatic heterocycles. The Hall–Kier alpha value is -1.08. The van der Waals surface area contributed by atoms with Gasteiger partial charge in [0.15, 0.2) is 0 Å². The zero-order valence-electron chi connectivity index (χ0n) is 10.9. The van der Waals surface area contributed by atoms with Crippen LogP contribution in [0.4, 0.5) is 0 Å². The van der Waals surface area contributed by atoms with Crippen LogP contribution in [0.1, 0.15) is 37.0 Å². The molecule has 0 saturated heterocycles. The van der Waals surface area contributed by atoms with E-state index in [0.717, 1.165) is 6.54 Å². The quantitative estimate of drug-likeness (QED) is 0.793. The van der Waals surface area contributed by atoms with E-state index in [1.165, 1.54) is 23.1 Å². The van der Waals surface area contributed by atoms with Gasteiger partial charge in [0.2, 0.25) is 0 Å². The van der Waals surface area contributed by atoms with Gasteiger partial charge in [0.1, 0.15) is 0 Å². The number of rotatable bonds is 5. The molecule has 1 rings (SSSR count). The Balaban J connectivity index is 2.61. The summed E-state index contributed by atoms with van der Waals surface area (Å²) in [7, 11) is 0. The van der Waals surface area contributed by atoms with Gasteiger partial charge in [-0.05, 0) is 44.9 Å². The smallest absolute Gasteiger partial charge is 0.0224 e. The van der Waals surface area contributed by atoms with E-state index in [-0.39, 0.29) is 0 Å². The largest absolute Gasteiger partial charge is 0.311 e. The molecular formula is C15H23N. The molecule has 0 saturated carbocycles. The third-order valence-corrected chi connectivity index (χ3v) is 2.71. The Morgan fingerprint density at radius 2 is 2.06 bits per heavy atom. The fraction of sp³-hybridized carbons (Fsp3) is 0.467. The molecule has 0 aliphatic carbocycles. The first kappa shape index (κ1) is 13.0. The average Bonchev–Trinajstić information content (AvgIpc) is 2.25. The topological polar surface area (TPSA) is 12.0 Å². The van der Waals surface area contributed by atoms with E-state index in [1.54, 1.807) is 0 Å². The lowest BCUT2D eigenvalue weighted by atomic mass is 10.0. The summed E-state index contributed by atoms with van der Waals surface area (Å²) in [5.74, 6) is 0. The fourth-order valence-corrected chi connectivity index (χ4v) is 1.70. The molecular weight excluding hydrogens is 194 g/mol. The Bertz CT molecular complexity index is 352. The van der Waals surface area contributed by atoms with E-state index < -0.39 is 0 Å². The van der Waals surface area contributed by atoms with E-state index in [9.17, 15) is 0 Å². The molecule has 88 valence electrons. The summed E-state index contributed by atoms with van der Waals surface area (Å²) >= 11 is 0. The van der Waals surface area contributed by atoms with Gasteiger partial charge in [-0.15, -0.1) is 0 Å². The summed E-state index contributed by atoms with van der Waals surface area (Å²) in [6, 6.07) is 7.02. The van der Waals surface area contributed by atoms with E-state index in [4.69, 9.17) is 0 Å². The Labute approximate surface area is 99.6 Å². The average molecular weight is 217 g/mol. The van der Waals surface area contributed by atoms with Crippen LogP contribution in [0.25, 0.3) is 6.08 Å². The highest BCUT2D eigenvalue weighted by Crippen LogP contribution is 2.12. The van der Waals surface area contributed by atoms with Gasteiger partial charge in [0.05, 0.1) is 0 Å². The first-order chi connectivity index (χ1) is 7.63. The molecule has 0 bridgehead atoms. The molecule has 1 atom stereocenters. The molecule has 1 nitrogen and oxygen atoms in total. The molecule has 1 aromatic carbocycles. The number of hydrogen-bond donors (Lipinski definition) is 1. The number of benzene rings is 1. The minimum atomic E-state index is 0.445. The third kappa shape index (κ3) is 4.19. The number of hydrogen-bond acceptors (Lipinski definition) is 1. The maximum atomic E-state index is 3.45. The predicted octanol–water partition coefficient (Wildman–Crippen LogP) is 3.70. The summed E-state index contributed by atoms with van der Waals surface area (Å²) < 4.78 is 0. The van der Waals surface area contributed by atoms with Crippen LogP contribution in [0.5, 0.6) is 0 Å². The maximum absolute atomic E-state index is 3.45. The van der Waals surface area contributed by atoms with E-state index in [1.807, 2.05) is 0 Å². The van der Waals surface area contributed by atoms with Gasteiger partial charge < -0.3 is 5.32 Å². The van der Waals surface area contributed by atoms with Crippen molar-refractivity contribution in [2.24, 2.45) is 0 Å². The molecule has 0 aliphatic heterocycles. The lowest BCUT2D eigenvalue weighted by Crippen LogP contribution is -2.24. The van der Waals surface area contributed by atoms with Crippen LogP contribution in [0.15, 0.2) is 24.3 Å². The minimum Gasteiger partial charge on any atom is -0.311 e. The van der Waals surface area contributed by atoms with Crippen LogP contribution in [0, 0.1) is 13.8 Å². The molecule has 1 aromatic rings. The van der Waals surface area contributed by atoms with Crippen molar-refractivity contribution < 1.29 is 0 Å². The Kier molecular flexibility index (Phi) is 5.27. The SMILES string of the molecule is CCCNC(C)/C=C/c1ccc(C)cc1C. The monoisotopic (exact) mass is 217 g/mol. The van der Waals surface area contributed by atoms with Crippen LogP contribution >= 0.6 is 0 Å². The number of aryl methyl sites for hydroxylation is 2. The molecule has 1 heteroatoms. The van der Waals surface area contributed by atoms with Gasteiger partial charge in [-0.25, -0.2) is 0 Å². The van der Waals surface area contributed by atoms with Crippen molar-refractivity contribution in [3.05, 3.63) is 41.0 Å². The van der Waals surface area contributed by atoms with Crippen LogP contribution in [-0.2, 0) is 0 Å². The Morgan fingerprint density at radius 1 is 1.31 bits per heavy atom. The zero-order valence-corrected chi connectivity index (χ0v) is 10.9. The van der Waals surface area contributed by atoms with Crippen molar-refractivity contribution in [3.63, 3.8) is 0 Å². The third-order valence-electron chi connectivity index (χ3n) is 2.71. The van der Waals surface area contributed by atoms with E-state index >= 15 is 0 Å². The van der Waals surface area contributed by atoms with Crippen molar-refractivity contribution in [1.29, 1.82) is 0 Å². The molecule has 0 fully saturated rings. The minimum absolute atomic E-state index is 0.445. The normalized spacial score (nSPS) is 13.2. The molecule has 16 heavy (non-hydrogen) atoms. The van der Waals surface area contributed by atoms with Crippen molar-refractivity contribution in [1.82, 2.24) is 5.32 Å². The van der Waals surface area contributed by atoms with Gasteiger partial charge in [-0.1, -0.05) is 42.8 Å². The lowest BCUT2D eigenvalue weighted by molar-refractivity contribution is 0.625. The Morgan fingerprint density at radius 3 is 2.69 bits per heavy atom. The molecule has 1 unspecified atom stereocenters. The zero-order chi connectivity index (χ0) is 12.0. The molecule has 0 aliphatic rings. The highest BCUT2D eigenvalue weighted by atomic mass is 14.9. The lowest BCUT2D eigenvalue weighted by Gasteiger charge is -2.08. The van der Waals surface area contributed by atoms with Crippen LogP contribution < -0.4 is 5.32 Å². The second-order valence-electron chi connectivity index (χ2n) is 4.46. The van der Waals surface area contributed by atoms with Gasteiger partial charge >= 0.3 is 0 Å². The summed E-state index contributed by atoms with van der Waals surface area (Å²) in [4.78, 5) is 0. The molecule has 0 heterocycles. The van der Waals surface area contributed by atoms with E-state index in [0.29, 0.717) is 6.04 Å².